The molecule has 1 saturated carbocycles. The van der Waals surface area contributed by atoms with Gasteiger partial charge in [-0.25, -0.2) is 4.39 Å². The van der Waals surface area contributed by atoms with Crippen molar-refractivity contribution in [3.05, 3.63) is 35.1 Å². The molecule has 96 valence electrons. The van der Waals surface area contributed by atoms with Gasteiger partial charge in [-0.1, -0.05) is 12.2 Å². The van der Waals surface area contributed by atoms with Crippen molar-refractivity contribution in [2.24, 2.45) is 11.7 Å². The number of nitrogens with two attached hydrogens (primary N) is 1. The summed E-state index contributed by atoms with van der Waals surface area (Å²) in [6.07, 6.45) is 3.94. The lowest BCUT2D eigenvalue weighted by atomic mass is 10.0. The van der Waals surface area contributed by atoms with Gasteiger partial charge in [-0.05, 0) is 48.9 Å². The van der Waals surface area contributed by atoms with Crippen molar-refractivity contribution in [2.75, 3.05) is 6.54 Å². The highest BCUT2D eigenvalue weighted by molar-refractivity contribution is 7.80. The van der Waals surface area contributed by atoms with Crippen LogP contribution in [0.25, 0.3) is 0 Å². The Morgan fingerprint density at radius 1 is 1.44 bits per heavy atom. The molecular formula is C14H17FN2S. The molecule has 3 rings (SSSR count). The first kappa shape index (κ1) is 12.1. The van der Waals surface area contributed by atoms with Gasteiger partial charge in [-0.2, -0.15) is 0 Å². The molecule has 2 fully saturated rings. The van der Waals surface area contributed by atoms with Crippen LogP contribution in [0.1, 0.15) is 30.4 Å². The third-order valence-corrected chi connectivity index (χ3v) is 4.45. The Labute approximate surface area is 112 Å². The maximum Gasteiger partial charge on any atom is 0.123 e. The van der Waals surface area contributed by atoms with E-state index in [0.29, 0.717) is 11.0 Å². The molecule has 4 heteroatoms. The molecule has 2 bridgehead atoms. The number of hydrogen-bond donors (Lipinski definition) is 1. The molecule has 0 amide bonds. The van der Waals surface area contributed by atoms with Crippen LogP contribution in [-0.4, -0.2) is 22.5 Å². The summed E-state index contributed by atoms with van der Waals surface area (Å²) in [5.41, 5.74) is 7.45. The highest BCUT2D eigenvalue weighted by Crippen LogP contribution is 2.38. The largest absolute Gasteiger partial charge is 0.389 e. The summed E-state index contributed by atoms with van der Waals surface area (Å²) in [6, 6.07) is 5.37. The lowest BCUT2D eigenvalue weighted by Crippen LogP contribution is -2.32. The van der Waals surface area contributed by atoms with E-state index in [0.717, 1.165) is 30.1 Å². The molecule has 2 N–H and O–H groups in total. The van der Waals surface area contributed by atoms with Crippen molar-refractivity contribution < 1.29 is 4.39 Å². The van der Waals surface area contributed by atoms with Crippen LogP contribution in [0.4, 0.5) is 4.39 Å². The van der Waals surface area contributed by atoms with E-state index in [9.17, 15) is 4.39 Å². The Morgan fingerprint density at radius 2 is 2.28 bits per heavy atom. The summed E-state index contributed by atoms with van der Waals surface area (Å²) in [5.74, 6) is 0.631. The average molecular weight is 264 g/mol. The Balaban J connectivity index is 1.83. The van der Waals surface area contributed by atoms with Gasteiger partial charge in [-0.3, -0.25) is 4.90 Å². The van der Waals surface area contributed by atoms with Crippen LogP contribution >= 0.6 is 12.2 Å². The van der Waals surface area contributed by atoms with Gasteiger partial charge < -0.3 is 5.73 Å². The molecule has 0 aromatic heterocycles. The summed E-state index contributed by atoms with van der Waals surface area (Å²) >= 11 is 5.04. The Bertz CT molecular complexity index is 489. The van der Waals surface area contributed by atoms with Gasteiger partial charge in [0, 0.05) is 24.7 Å². The van der Waals surface area contributed by atoms with Crippen molar-refractivity contribution in [3.8, 4) is 0 Å². The Morgan fingerprint density at radius 3 is 2.89 bits per heavy atom. The summed E-state index contributed by atoms with van der Waals surface area (Å²) < 4.78 is 13.4. The molecule has 18 heavy (non-hydrogen) atoms. The average Bonchev–Trinajstić information content (AvgIpc) is 2.90. The molecular weight excluding hydrogens is 247 g/mol. The lowest BCUT2D eigenvalue weighted by Gasteiger charge is -2.27. The van der Waals surface area contributed by atoms with E-state index in [4.69, 9.17) is 18.0 Å². The van der Waals surface area contributed by atoms with Crippen molar-refractivity contribution in [1.29, 1.82) is 0 Å². The van der Waals surface area contributed by atoms with Gasteiger partial charge in [-0.15, -0.1) is 0 Å². The molecule has 1 aliphatic heterocycles. The second-order valence-corrected chi connectivity index (χ2v) is 5.87. The second kappa shape index (κ2) is 4.59. The van der Waals surface area contributed by atoms with Crippen LogP contribution < -0.4 is 5.73 Å². The molecule has 1 aromatic rings. The first-order chi connectivity index (χ1) is 8.63. The minimum atomic E-state index is -0.214. The number of rotatable bonds is 3. The molecule has 1 saturated heterocycles. The Hall–Kier alpha value is -1.00. The van der Waals surface area contributed by atoms with E-state index < -0.39 is 0 Å². The monoisotopic (exact) mass is 264 g/mol. The predicted octanol–water partition coefficient (Wildman–Crippen LogP) is 2.44. The summed E-state index contributed by atoms with van der Waals surface area (Å²) in [5, 5.41) is 0. The zero-order valence-electron chi connectivity index (χ0n) is 10.2. The van der Waals surface area contributed by atoms with E-state index in [1.54, 1.807) is 12.1 Å². The van der Waals surface area contributed by atoms with Crippen LogP contribution in [0.3, 0.4) is 0 Å². The quantitative estimate of drug-likeness (QED) is 0.850. The summed E-state index contributed by atoms with van der Waals surface area (Å²) in [4.78, 5) is 2.81. The molecule has 2 nitrogen and oxygen atoms in total. The van der Waals surface area contributed by atoms with E-state index in [2.05, 4.69) is 4.90 Å². The third-order valence-electron chi connectivity index (χ3n) is 4.23. The first-order valence-electron chi connectivity index (χ1n) is 6.46. The van der Waals surface area contributed by atoms with E-state index in [-0.39, 0.29) is 5.82 Å². The van der Waals surface area contributed by atoms with Crippen LogP contribution in [-0.2, 0) is 6.54 Å². The van der Waals surface area contributed by atoms with Crippen molar-refractivity contribution >= 4 is 17.2 Å². The number of hydrogen-bond acceptors (Lipinski definition) is 2. The molecule has 2 unspecified atom stereocenters. The van der Waals surface area contributed by atoms with E-state index in [1.807, 2.05) is 0 Å². The number of nitrogens with zero attached hydrogens (tertiary/aromatic N) is 1. The van der Waals surface area contributed by atoms with Gasteiger partial charge in [0.25, 0.3) is 0 Å². The number of benzene rings is 1. The first-order valence-corrected chi connectivity index (χ1v) is 6.86. The molecule has 0 spiro atoms. The van der Waals surface area contributed by atoms with Crippen LogP contribution in [0.5, 0.6) is 0 Å². The van der Waals surface area contributed by atoms with Gasteiger partial charge in [0.1, 0.15) is 10.8 Å². The number of likely N-dealkylation sites (tertiary alicyclic amines) is 1. The molecule has 1 aromatic carbocycles. The maximum absolute atomic E-state index is 13.4. The molecule has 2 aliphatic rings. The van der Waals surface area contributed by atoms with Crippen LogP contribution in [0, 0.1) is 11.7 Å². The zero-order valence-corrected chi connectivity index (χ0v) is 11.0. The fourth-order valence-electron chi connectivity index (χ4n) is 3.37. The molecule has 2 atom stereocenters. The molecule has 1 aliphatic carbocycles. The maximum atomic E-state index is 13.4. The minimum Gasteiger partial charge on any atom is -0.389 e. The number of thiocarbonyl (C=S) groups is 1. The van der Waals surface area contributed by atoms with Crippen molar-refractivity contribution in [3.63, 3.8) is 0 Å². The van der Waals surface area contributed by atoms with Crippen molar-refractivity contribution in [1.82, 2.24) is 4.90 Å². The fourth-order valence-corrected chi connectivity index (χ4v) is 3.57. The standard InChI is InChI=1S/C14H17FN2S/c15-11-2-4-13(14(16)18)10(6-11)8-17-7-9-1-3-12(17)5-9/h2,4,6,9,12H,1,3,5,7-8H2,(H2,16,18). The van der Waals surface area contributed by atoms with E-state index in [1.165, 1.54) is 25.3 Å². The molecule has 0 radical (unpaired) electrons. The molecule has 1 heterocycles. The second-order valence-electron chi connectivity index (χ2n) is 5.43. The Kier molecular flexibility index (Phi) is 3.08. The van der Waals surface area contributed by atoms with Crippen LogP contribution in [0.15, 0.2) is 18.2 Å². The topological polar surface area (TPSA) is 29.3 Å². The number of piperidine rings is 1. The van der Waals surface area contributed by atoms with Gasteiger partial charge in [0.05, 0.1) is 0 Å². The van der Waals surface area contributed by atoms with Gasteiger partial charge >= 0.3 is 0 Å². The normalized spacial score (nSPS) is 26.7. The van der Waals surface area contributed by atoms with Crippen molar-refractivity contribution in [2.45, 2.75) is 31.8 Å². The minimum absolute atomic E-state index is 0.214. The highest BCUT2D eigenvalue weighted by atomic mass is 32.1. The van der Waals surface area contributed by atoms with Gasteiger partial charge in [0.15, 0.2) is 0 Å². The SMILES string of the molecule is NC(=S)c1ccc(F)cc1CN1CC2CCC1C2. The number of halogens is 1. The highest BCUT2D eigenvalue weighted by Gasteiger charge is 2.37. The predicted molar refractivity (Wildman–Crippen MR) is 73.8 cm³/mol. The zero-order chi connectivity index (χ0) is 12.7. The lowest BCUT2D eigenvalue weighted by molar-refractivity contribution is 0.205. The smallest absolute Gasteiger partial charge is 0.123 e. The summed E-state index contributed by atoms with van der Waals surface area (Å²) in [7, 11) is 0. The third kappa shape index (κ3) is 2.15. The van der Waals surface area contributed by atoms with Crippen LogP contribution in [0.2, 0.25) is 0 Å². The number of fused-ring (bicyclic) bond motifs is 2. The van der Waals surface area contributed by atoms with E-state index >= 15 is 0 Å². The summed E-state index contributed by atoms with van der Waals surface area (Å²) in [6.45, 7) is 1.91. The fraction of sp³-hybridized carbons (Fsp3) is 0.500. The van der Waals surface area contributed by atoms with Gasteiger partial charge in [0.2, 0.25) is 0 Å².